The zero-order valence-electron chi connectivity index (χ0n) is 11.7. The predicted molar refractivity (Wildman–Crippen MR) is 78.9 cm³/mol. The van der Waals surface area contributed by atoms with Gasteiger partial charge in [-0.15, -0.1) is 0 Å². The summed E-state index contributed by atoms with van der Waals surface area (Å²) in [5, 5.41) is 4.42. The minimum Gasteiger partial charge on any atom is -0.442 e. The molecular weight excluding hydrogens is 290 g/mol. The fraction of sp³-hybridized carbons (Fsp3) is 0.125. The van der Waals surface area contributed by atoms with Crippen molar-refractivity contribution in [2.24, 2.45) is 5.10 Å². The molecule has 0 spiro atoms. The number of carbonyl (C=O) groups is 1. The van der Waals surface area contributed by atoms with Gasteiger partial charge in [0.1, 0.15) is 12.3 Å². The Balaban J connectivity index is 2.07. The van der Waals surface area contributed by atoms with Gasteiger partial charge in [0.25, 0.3) is 0 Å². The maximum absolute atomic E-state index is 14.4. The van der Waals surface area contributed by atoms with E-state index in [0.717, 1.165) is 5.56 Å². The normalized spacial score (nSPS) is 14.1. The van der Waals surface area contributed by atoms with Crippen molar-refractivity contribution in [2.75, 3.05) is 11.6 Å². The third-order valence-corrected chi connectivity index (χ3v) is 3.27. The lowest BCUT2D eigenvalue weighted by molar-refractivity contribution is 0.166. The van der Waals surface area contributed by atoms with Gasteiger partial charge in [0, 0.05) is 5.56 Å². The molecule has 0 aromatic heterocycles. The zero-order chi connectivity index (χ0) is 15.7. The molecule has 0 atom stereocenters. The lowest BCUT2D eigenvalue weighted by Crippen LogP contribution is -2.32. The summed E-state index contributed by atoms with van der Waals surface area (Å²) in [5.74, 6) is -2.17. The molecule has 22 heavy (non-hydrogen) atoms. The Morgan fingerprint density at radius 3 is 2.73 bits per heavy atom. The van der Waals surface area contributed by atoms with Crippen LogP contribution >= 0.6 is 0 Å². The number of nitrogens with zero attached hydrogens (tertiary/aromatic N) is 2. The number of cyclic esters (lactones) is 1. The monoisotopic (exact) mass is 302 g/mol. The lowest BCUT2D eigenvalue weighted by Gasteiger charge is -2.20. The van der Waals surface area contributed by atoms with E-state index in [9.17, 15) is 13.6 Å². The topological polar surface area (TPSA) is 41.9 Å². The summed E-state index contributed by atoms with van der Waals surface area (Å²) in [7, 11) is 0. The first kappa shape index (κ1) is 14.2. The Hall–Kier alpha value is -2.76. The summed E-state index contributed by atoms with van der Waals surface area (Å²) in [6.45, 7) is 1.88. The largest absolute Gasteiger partial charge is 0.442 e. The van der Waals surface area contributed by atoms with Gasteiger partial charge in [0.15, 0.2) is 11.6 Å². The highest BCUT2D eigenvalue weighted by molar-refractivity contribution is 5.91. The maximum atomic E-state index is 14.4. The average molecular weight is 302 g/mol. The first-order chi connectivity index (χ1) is 10.6. The number of rotatable bonds is 2. The Labute approximate surface area is 125 Å². The van der Waals surface area contributed by atoms with Crippen LogP contribution in [0, 0.1) is 18.6 Å². The molecule has 1 aliphatic rings. The highest BCUT2D eigenvalue weighted by Gasteiger charge is 2.25. The van der Waals surface area contributed by atoms with Gasteiger partial charge in [-0.1, -0.05) is 29.8 Å². The summed E-state index contributed by atoms with van der Waals surface area (Å²) in [6.07, 6.45) is 0.455. The van der Waals surface area contributed by atoms with Gasteiger partial charge in [-0.05, 0) is 24.6 Å². The number of carbonyl (C=O) groups excluding carboxylic acids is 1. The Bertz CT molecular complexity index is 775. The summed E-state index contributed by atoms with van der Waals surface area (Å²) in [4.78, 5) is 11.6. The van der Waals surface area contributed by atoms with E-state index >= 15 is 0 Å². The van der Waals surface area contributed by atoms with Gasteiger partial charge in [-0.2, -0.15) is 10.1 Å². The molecule has 2 aromatic rings. The molecule has 1 aliphatic heterocycles. The summed E-state index contributed by atoms with van der Waals surface area (Å²) >= 11 is 0. The third kappa shape index (κ3) is 2.43. The molecule has 0 saturated heterocycles. The lowest BCUT2D eigenvalue weighted by atomic mass is 10.0. The van der Waals surface area contributed by atoms with Crippen LogP contribution in [0.25, 0.3) is 11.1 Å². The molecule has 0 fully saturated rings. The Kier molecular flexibility index (Phi) is 3.58. The Morgan fingerprint density at radius 1 is 1.18 bits per heavy atom. The van der Waals surface area contributed by atoms with Crippen LogP contribution in [0.15, 0.2) is 41.5 Å². The standard InChI is InChI=1S/C16H12F2N2O2/c1-10-3-2-4-11(9-10)12-5-6-13(15(18)14(12)17)20-16(21)22-8-7-19-20/h2-7,9H,8H2,1H3. The minimum absolute atomic E-state index is 0.0147. The number of halogens is 2. The molecule has 0 saturated carbocycles. The fourth-order valence-corrected chi connectivity index (χ4v) is 2.23. The quantitative estimate of drug-likeness (QED) is 0.844. The van der Waals surface area contributed by atoms with Crippen LogP contribution in [0.5, 0.6) is 0 Å². The van der Waals surface area contributed by atoms with Gasteiger partial charge >= 0.3 is 6.09 Å². The van der Waals surface area contributed by atoms with E-state index in [4.69, 9.17) is 4.74 Å². The molecule has 6 heteroatoms. The van der Waals surface area contributed by atoms with E-state index in [0.29, 0.717) is 10.6 Å². The zero-order valence-corrected chi connectivity index (χ0v) is 11.7. The van der Waals surface area contributed by atoms with Gasteiger partial charge in [0.05, 0.1) is 6.21 Å². The van der Waals surface area contributed by atoms with Crippen molar-refractivity contribution >= 4 is 18.0 Å². The first-order valence-electron chi connectivity index (χ1n) is 6.62. The third-order valence-electron chi connectivity index (χ3n) is 3.27. The molecule has 0 unspecified atom stereocenters. The number of anilines is 1. The first-order valence-corrected chi connectivity index (χ1v) is 6.62. The van der Waals surface area contributed by atoms with E-state index in [-0.39, 0.29) is 17.9 Å². The molecule has 112 valence electrons. The van der Waals surface area contributed by atoms with Crippen LogP contribution in [0.3, 0.4) is 0 Å². The predicted octanol–water partition coefficient (Wildman–Crippen LogP) is 3.88. The highest BCUT2D eigenvalue weighted by atomic mass is 19.2. The molecule has 0 bridgehead atoms. The van der Waals surface area contributed by atoms with E-state index in [1.165, 1.54) is 18.3 Å². The van der Waals surface area contributed by atoms with Crippen LogP contribution in [0.4, 0.5) is 19.3 Å². The molecule has 3 rings (SSSR count). The van der Waals surface area contributed by atoms with Crippen molar-refractivity contribution in [1.82, 2.24) is 0 Å². The van der Waals surface area contributed by atoms with E-state index in [1.807, 2.05) is 13.0 Å². The second-order valence-corrected chi connectivity index (χ2v) is 4.82. The van der Waals surface area contributed by atoms with Crippen molar-refractivity contribution in [3.8, 4) is 11.1 Å². The SMILES string of the molecule is Cc1cccc(-c2ccc(N3N=CCOC3=O)c(F)c2F)c1. The second kappa shape index (κ2) is 5.55. The van der Waals surface area contributed by atoms with Crippen molar-refractivity contribution in [3.05, 3.63) is 53.6 Å². The van der Waals surface area contributed by atoms with Crippen LogP contribution in [-0.4, -0.2) is 18.9 Å². The number of benzene rings is 2. The number of hydrogen-bond donors (Lipinski definition) is 0. The number of hydrazone groups is 1. The molecule has 0 N–H and O–H groups in total. The molecule has 0 radical (unpaired) electrons. The smallest absolute Gasteiger partial charge is 0.435 e. The van der Waals surface area contributed by atoms with Crippen LogP contribution in [0.2, 0.25) is 0 Å². The van der Waals surface area contributed by atoms with Crippen molar-refractivity contribution in [1.29, 1.82) is 0 Å². The molecule has 4 nitrogen and oxygen atoms in total. The van der Waals surface area contributed by atoms with Gasteiger partial charge in [0.2, 0.25) is 0 Å². The molecule has 0 aliphatic carbocycles. The second-order valence-electron chi connectivity index (χ2n) is 4.82. The van der Waals surface area contributed by atoms with Crippen molar-refractivity contribution in [3.63, 3.8) is 0 Å². The Morgan fingerprint density at radius 2 is 2.00 bits per heavy atom. The van der Waals surface area contributed by atoms with Crippen LogP contribution < -0.4 is 5.01 Å². The number of amides is 1. The average Bonchev–Trinajstić information content (AvgIpc) is 2.51. The minimum atomic E-state index is -1.14. The van der Waals surface area contributed by atoms with Gasteiger partial charge < -0.3 is 4.74 Å². The van der Waals surface area contributed by atoms with Gasteiger partial charge in [-0.3, -0.25) is 0 Å². The fourth-order valence-electron chi connectivity index (χ4n) is 2.23. The van der Waals surface area contributed by atoms with E-state index in [2.05, 4.69) is 5.10 Å². The maximum Gasteiger partial charge on any atom is 0.435 e. The summed E-state index contributed by atoms with van der Waals surface area (Å²) in [5.41, 5.74) is 1.34. The number of ether oxygens (including phenoxy) is 1. The van der Waals surface area contributed by atoms with Crippen molar-refractivity contribution < 1.29 is 18.3 Å². The summed E-state index contributed by atoms with van der Waals surface area (Å²) < 4.78 is 33.4. The molecule has 1 heterocycles. The van der Waals surface area contributed by atoms with Crippen LogP contribution in [-0.2, 0) is 4.74 Å². The molecule has 1 amide bonds. The van der Waals surface area contributed by atoms with E-state index in [1.54, 1.807) is 18.2 Å². The van der Waals surface area contributed by atoms with Crippen molar-refractivity contribution in [2.45, 2.75) is 6.92 Å². The molecule has 2 aromatic carbocycles. The number of aryl methyl sites for hydroxylation is 1. The van der Waals surface area contributed by atoms with Gasteiger partial charge in [-0.25, -0.2) is 13.6 Å². The number of hydrogen-bond acceptors (Lipinski definition) is 3. The summed E-state index contributed by atoms with van der Waals surface area (Å²) in [6, 6.07) is 9.80. The van der Waals surface area contributed by atoms with Crippen LogP contribution in [0.1, 0.15) is 5.56 Å². The molecular formula is C16H12F2N2O2. The van der Waals surface area contributed by atoms with E-state index < -0.39 is 17.7 Å². The highest BCUT2D eigenvalue weighted by Crippen LogP contribution is 2.31.